The Balaban J connectivity index is 0. The Bertz CT molecular complexity index is 23.6. The van der Waals surface area contributed by atoms with E-state index in [1.165, 1.54) is 0 Å². The SMILES string of the molecule is C=BSF.S. The van der Waals surface area contributed by atoms with Crippen molar-refractivity contribution in [1.82, 2.24) is 0 Å². The van der Waals surface area contributed by atoms with Gasteiger partial charge in [-0.1, -0.05) is 0 Å². The first kappa shape index (κ1) is 9.12. The van der Waals surface area contributed by atoms with Gasteiger partial charge in [-0.25, -0.2) is 0 Å². The van der Waals surface area contributed by atoms with Gasteiger partial charge in [0.15, 0.2) is 0 Å². The van der Waals surface area contributed by atoms with Crippen LogP contribution in [0.15, 0.2) is 0 Å². The first-order chi connectivity index (χ1) is 1.91. The second-order valence-electron chi connectivity index (χ2n) is 0.256. The zero-order valence-corrected chi connectivity index (χ0v) is 4.39. The molecule has 0 heterocycles. The van der Waals surface area contributed by atoms with Gasteiger partial charge >= 0.3 is 28.6 Å². The van der Waals surface area contributed by atoms with Gasteiger partial charge in [-0.2, -0.15) is 13.5 Å². The van der Waals surface area contributed by atoms with E-state index in [0.717, 1.165) is 6.20 Å². The Morgan fingerprint density at radius 1 is 1.80 bits per heavy atom. The second-order valence-corrected chi connectivity index (χ2v) is 0.767. The summed E-state index contributed by atoms with van der Waals surface area (Å²) in [6, 6.07) is 0. The molecule has 5 heavy (non-hydrogen) atoms. The van der Waals surface area contributed by atoms with E-state index in [4.69, 9.17) is 0 Å². The Morgan fingerprint density at radius 2 is 2.00 bits per heavy atom. The van der Waals surface area contributed by atoms with Crippen molar-refractivity contribution in [2.45, 2.75) is 0 Å². The molecule has 0 aliphatic heterocycles. The first-order valence-electron chi connectivity index (χ1n) is 0.798. The van der Waals surface area contributed by atoms with Gasteiger partial charge in [0.2, 0.25) is 0 Å². The van der Waals surface area contributed by atoms with Crippen LogP contribution in [0.1, 0.15) is 0 Å². The van der Waals surface area contributed by atoms with E-state index in [9.17, 15) is 3.89 Å². The van der Waals surface area contributed by atoms with Gasteiger partial charge in [-0.15, -0.1) is 0 Å². The Kier molecular flexibility index (Phi) is 16.1. The third-order valence-electron chi connectivity index (χ3n) is 0.0630. The van der Waals surface area contributed by atoms with Crippen LogP contribution in [0.3, 0.4) is 0 Å². The Labute approximate surface area is 42.7 Å². The van der Waals surface area contributed by atoms with E-state index in [1.54, 1.807) is 0 Å². The van der Waals surface area contributed by atoms with E-state index in [0.29, 0.717) is 0 Å². The van der Waals surface area contributed by atoms with Crippen LogP contribution in [0.2, 0.25) is 0 Å². The summed E-state index contributed by atoms with van der Waals surface area (Å²) in [6.45, 7) is 3.07. The summed E-state index contributed by atoms with van der Waals surface area (Å²) in [6.07, 6.45) is 1.12. The first-order valence-corrected chi connectivity index (χ1v) is 1.58. The van der Waals surface area contributed by atoms with E-state index < -0.39 is 0 Å². The maximum absolute atomic E-state index is 10.5. The van der Waals surface area contributed by atoms with E-state index >= 15 is 0 Å². The van der Waals surface area contributed by atoms with Crippen molar-refractivity contribution < 1.29 is 3.89 Å². The predicted molar refractivity (Wildman–Crippen MR) is 32.0 cm³/mol. The van der Waals surface area contributed by atoms with Crippen LogP contribution in [0.5, 0.6) is 0 Å². The van der Waals surface area contributed by atoms with Crippen molar-refractivity contribution in [3.63, 3.8) is 0 Å². The van der Waals surface area contributed by atoms with Crippen LogP contribution in [0, 0.1) is 0 Å². The molecule has 0 saturated carbocycles. The molecule has 0 unspecified atom stereocenters. The van der Waals surface area contributed by atoms with E-state index in [1.807, 2.05) is 0 Å². The molecule has 0 nitrogen and oxygen atoms in total. The van der Waals surface area contributed by atoms with Crippen molar-refractivity contribution in [1.29, 1.82) is 0 Å². The van der Waals surface area contributed by atoms with Crippen LogP contribution in [0.4, 0.5) is 3.89 Å². The summed E-state index contributed by atoms with van der Waals surface area (Å²) in [5, 5.41) is 0. The summed E-state index contributed by atoms with van der Waals surface area (Å²) in [5.74, 6) is 0. The Morgan fingerprint density at radius 3 is 2.00 bits per heavy atom. The summed E-state index contributed by atoms with van der Waals surface area (Å²) in [5.41, 5.74) is 0. The molecular weight excluding hydrogens is 106 g/mol. The normalized spacial score (nSPS) is 4.20. The van der Waals surface area contributed by atoms with Crippen molar-refractivity contribution in [3.8, 4) is 0 Å². The summed E-state index contributed by atoms with van der Waals surface area (Å²) in [4.78, 5) is 0. The predicted octanol–water partition coefficient (Wildman–Crippen LogP) is 0.768. The van der Waals surface area contributed by atoms with E-state index in [-0.39, 0.29) is 25.5 Å². The number of hydrogen-bond donors (Lipinski definition) is 0. The zero-order valence-electron chi connectivity index (χ0n) is 2.57. The largest absolute Gasteiger partial charge is 0.197 e. The van der Waals surface area contributed by atoms with E-state index in [2.05, 4.69) is 6.47 Å². The molecular formula is CH4BFS2. The van der Waals surface area contributed by atoms with Gasteiger partial charge < -0.3 is 0 Å². The molecule has 0 aromatic rings. The summed E-state index contributed by atoms with van der Waals surface area (Å²) < 4.78 is 10.5. The smallest absolute Gasteiger partial charge is 0.197 e. The molecule has 0 aliphatic rings. The molecule has 0 amide bonds. The fraction of sp³-hybridized carbons (Fsp3) is 0. The topological polar surface area (TPSA) is 0 Å². The maximum Gasteiger partial charge on any atom is -0.197 e. The number of rotatable bonds is 1. The summed E-state index contributed by atoms with van der Waals surface area (Å²) >= 11 is 0.120. The standard InChI is InChI=1S/CH2BFS.H2S/c1-2-4-3;/h1H2;1H2. The molecule has 0 saturated heterocycles. The quantitative estimate of drug-likeness (QED) is 0.449. The maximum atomic E-state index is 10.5. The minimum Gasteiger partial charge on any atom is -0.197 e. The van der Waals surface area contributed by atoms with Crippen LogP contribution >= 0.6 is 25.5 Å². The summed E-state index contributed by atoms with van der Waals surface area (Å²) in [7, 11) is 0. The van der Waals surface area contributed by atoms with Crippen LogP contribution in [-0.2, 0) is 0 Å². The van der Waals surface area contributed by atoms with Gasteiger partial charge in [-0.3, -0.25) is 0 Å². The third kappa shape index (κ3) is 12.3. The molecule has 0 rings (SSSR count). The van der Waals surface area contributed by atoms with Gasteiger partial charge in [0, 0.05) is 0 Å². The van der Waals surface area contributed by atoms with Crippen molar-refractivity contribution in [2.75, 3.05) is 0 Å². The zero-order chi connectivity index (χ0) is 3.41. The van der Waals surface area contributed by atoms with Crippen molar-refractivity contribution in [2.24, 2.45) is 0 Å². The van der Waals surface area contributed by atoms with Gasteiger partial charge in [0.05, 0.1) is 0 Å². The molecule has 0 aromatic heterocycles. The van der Waals surface area contributed by atoms with Crippen molar-refractivity contribution in [3.05, 3.63) is 0 Å². The number of halogens is 1. The van der Waals surface area contributed by atoms with Crippen LogP contribution < -0.4 is 0 Å². The average molecular weight is 110 g/mol. The minimum atomic E-state index is 0. The molecule has 0 fully saturated rings. The minimum absolute atomic E-state index is 0. The van der Waals surface area contributed by atoms with Gasteiger partial charge in [-0.05, 0) is 0 Å². The van der Waals surface area contributed by atoms with Crippen molar-refractivity contribution >= 4 is 38.2 Å². The number of hydrogen-bond acceptors (Lipinski definition) is 1. The molecule has 0 spiro atoms. The second kappa shape index (κ2) is 8.82. The Hall–Kier alpha value is 0.565. The fourth-order valence-electron chi connectivity index (χ4n) is 0. The molecule has 0 atom stereocenters. The van der Waals surface area contributed by atoms with Crippen LogP contribution in [-0.4, -0.2) is 12.7 Å². The molecule has 0 N–H and O–H groups in total. The van der Waals surface area contributed by atoms with Crippen LogP contribution in [0.25, 0.3) is 0 Å². The molecule has 0 aliphatic carbocycles. The molecule has 0 bridgehead atoms. The van der Waals surface area contributed by atoms with Gasteiger partial charge in [0.25, 0.3) is 0 Å². The third-order valence-corrected chi connectivity index (χ3v) is 0.189. The molecule has 30 valence electrons. The fourth-order valence-corrected chi connectivity index (χ4v) is 0. The molecule has 4 heteroatoms. The van der Waals surface area contributed by atoms with Gasteiger partial charge in [0.1, 0.15) is 0 Å². The monoisotopic (exact) mass is 110 g/mol. The average Bonchev–Trinajstić information content (AvgIpc) is 1.37. The molecule has 0 aromatic carbocycles. The molecule has 0 radical (unpaired) electrons.